The van der Waals surface area contributed by atoms with E-state index in [9.17, 15) is 9.90 Å². The molecule has 1 fully saturated rings. The van der Waals surface area contributed by atoms with Gasteiger partial charge in [-0.3, -0.25) is 4.79 Å². The van der Waals surface area contributed by atoms with Crippen molar-refractivity contribution < 1.29 is 9.90 Å². The van der Waals surface area contributed by atoms with Gasteiger partial charge in [0, 0.05) is 19.0 Å². The SMILES string of the molecule is CC(O)C1CCN(C(=O)c2ccc(N)cn2)C1. The number of nitrogens with zero attached hydrogens (tertiary/aromatic N) is 2. The second-order valence-electron chi connectivity index (χ2n) is 4.52. The highest BCUT2D eigenvalue weighted by molar-refractivity contribution is 5.92. The summed E-state index contributed by atoms with van der Waals surface area (Å²) in [6.45, 7) is 3.04. The van der Waals surface area contributed by atoms with Crippen LogP contribution in [0.15, 0.2) is 18.3 Å². The monoisotopic (exact) mass is 235 g/mol. The molecule has 2 rings (SSSR count). The van der Waals surface area contributed by atoms with Crippen LogP contribution >= 0.6 is 0 Å². The Morgan fingerprint density at radius 1 is 1.65 bits per heavy atom. The highest BCUT2D eigenvalue weighted by atomic mass is 16.3. The van der Waals surface area contributed by atoms with Gasteiger partial charge < -0.3 is 15.7 Å². The van der Waals surface area contributed by atoms with Crippen molar-refractivity contribution in [2.24, 2.45) is 5.92 Å². The number of hydrogen-bond donors (Lipinski definition) is 2. The molecule has 2 atom stereocenters. The van der Waals surface area contributed by atoms with Crippen LogP contribution in [0.3, 0.4) is 0 Å². The Hall–Kier alpha value is -1.62. The lowest BCUT2D eigenvalue weighted by Crippen LogP contribution is -2.30. The first-order chi connectivity index (χ1) is 8.08. The van der Waals surface area contributed by atoms with Crippen LogP contribution in [0.5, 0.6) is 0 Å². The van der Waals surface area contributed by atoms with Gasteiger partial charge in [-0.05, 0) is 25.5 Å². The number of carbonyl (C=O) groups is 1. The van der Waals surface area contributed by atoms with Crippen LogP contribution in [0.4, 0.5) is 5.69 Å². The number of carbonyl (C=O) groups excluding carboxylic acids is 1. The summed E-state index contributed by atoms with van der Waals surface area (Å²) in [6.07, 6.45) is 1.96. The Balaban J connectivity index is 2.04. The van der Waals surface area contributed by atoms with E-state index in [0.29, 0.717) is 24.5 Å². The second kappa shape index (κ2) is 4.71. The van der Waals surface area contributed by atoms with Gasteiger partial charge in [-0.15, -0.1) is 0 Å². The standard InChI is InChI=1S/C12H17N3O2/c1-8(16)9-4-5-15(7-9)12(17)11-3-2-10(13)6-14-11/h2-3,6,8-9,16H,4-5,7,13H2,1H3. The zero-order valence-corrected chi connectivity index (χ0v) is 9.84. The van der Waals surface area contributed by atoms with Gasteiger partial charge in [0.2, 0.25) is 0 Å². The van der Waals surface area contributed by atoms with Crippen LogP contribution in [0, 0.1) is 5.92 Å². The topological polar surface area (TPSA) is 79.5 Å². The van der Waals surface area contributed by atoms with Crippen molar-refractivity contribution in [2.45, 2.75) is 19.4 Å². The number of anilines is 1. The maximum absolute atomic E-state index is 12.1. The van der Waals surface area contributed by atoms with Gasteiger partial charge in [0.1, 0.15) is 5.69 Å². The predicted octanol–water partition coefficient (Wildman–Crippen LogP) is 0.507. The molecule has 1 aliphatic rings. The average Bonchev–Trinajstić information content (AvgIpc) is 2.78. The number of aromatic nitrogens is 1. The number of aliphatic hydroxyl groups is 1. The molecule has 0 spiro atoms. The van der Waals surface area contributed by atoms with Gasteiger partial charge in [0.25, 0.3) is 5.91 Å². The number of hydrogen-bond acceptors (Lipinski definition) is 4. The molecule has 0 aliphatic carbocycles. The van der Waals surface area contributed by atoms with E-state index in [4.69, 9.17) is 5.73 Å². The molecule has 0 saturated carbocycles. The quantitative estimate of drug-likeness (QED) is 0.782. The summed E-state index contributed by atoms with van der Waals surface area (Å²) in [5.41, 5.74) is 6.48. The predicted molar refractivity (Wildman–Crippen MR) is 64.3 cm³/mol. The van der Waals surface area contributed by atoms with Crippen LogP contribution in [0.1, 0.15) is 23.8 Å². The van der Waals surface area contributed by atoms with E-state index in [2.05, 4.69) is 4.98 Å². The smallest absolute Gasteiger partial charge is 0.272 e. The lowest BCUT2D eigenvalue weighted by Gasteiger charge is -2.17. The summed E-state index contributed by atoms with van der Waals surface area (Å²) in [6, 6.07) is 3.30. The molecular weight excluding hydrogens is 218 g/mol. The van der Waals surface area contributed by atoms with Crippen molar-refractivity contribution in [1.82, 2.24) is 9.88 Å². The fraction of sp³-hybridized carbons (Fsp3) is 0.500. The number of pyridine rings is 1. The minimum Gasteiger partial charge on any atom is -0.397 e. The van der Waals surface area contributed by atoms with Crippen molar-refractivity contribution in [3.05, 3.63) is 24.0 Å². The number of nitrogen functional groups attached to an aromatic ring is 1. The van der Waals surface area contributed by atoms with Crippen molar-refractivity contribution >= 4 is 11.6 Å². The third-order valence-electron chi connectivity index (χ3n) is 3.20. The zero-order chi connectivity index (χ0) is 12.4. The third kappa shape index (κ3) is 2.55. The maximum atomic E-state index is 12.1. The van der Waals surface area contributed by atoms with Gasteiger partial charge in [-0.2, -0.15) is 0 Å². The highest BCUT2D eigenvalue weighted by Crippen LogP contribution is 2.21. The van der Waals surface area contributed by atoms with Crippen molar-refractivity contribution in [3.63, 3.8) is 0 Å². The Kier molecular flexibility index (Phi) is 3.28. The summed E-state index contributed by atoms with van der Waals surface area (Å²) in [5.74, 6) is 0.0841. The van der Waals surface area contributed by atoms with Crippen LogP contribution in [0.25, 0.3) is 0 Å². The van der Waals surface area contributed by atoms with Crippen LogP contribution in [-0.4, -0.2) is 40.1 Å². The Morgan fingerprint density at radius 2 is 2.41 bits per heavy atom. The molecule has 5 nitrogen and oxygen atoms in total. The van der Waals surface area contributed by atoms with Gasteiger partial charge in [-0.1, -0.05) is 0 Å². The summed E-state index contributed by atoms with van der Waals surface area (Å²) >= 11 is 0. The highest BCUT2D eigenvalue weighted by Gasteiger charge is 2.29. The fourth-order valence-electron chi connectivity index (χ4n) is 2.06. The largest absolute Gasteiger partial charge is 0.397 e. The van der Waals surface area contributed by atoms with Crippen LogP contribution in [-0.2, 0) is 0 Å². The van der Waals surface area contributed by atoms with Gasteiger partial charge in [0.05, 0.1) is 18.0 Å². The van der Waals surface area contributed by atoms with E-state index in [1.807, 2.05) is 0 Å². The third-order valence-corrected chi connectivity index (χ3v) is 3.20. The first-order valence-corrected chi connectivity index (χ1v) is 5.77. The van der Waals surface area contributed by atoms with Gasteiger partial charge >= 0.3 is 0 Å². The summed E-state index contributed by atoms with van der Waals surface area (Å²) in [4.78, 5) is 17.8. The van der Waals surface area contributed by atoms with E-state index < -0.39 is 0 Å². The molecule has 1 aromatic heterocycles. The molecular formula is C12H17N3O2. The Morgan fingerprint density at radius 3 is 2.94 bits per heavy atom. The summed E-state index contributed by atoms with van der Waals surface area (Å²) in [7, 11) is 0. The molecule has 5 heteroatoms. The average molecular weight is 235 g/mol. The normalized spacial score (nSPS) is 21.5. The lowest BCUT2D eigenvalue weighted by atomic mass is 10.0. The maximum Gasteiger partial charge on any atom is 0.272 e. The van der Waals surface area contributed by atoms with E-state index in [0.717, 1.165) is 6.42 Å². The van der Waals surface area contributed by atoms with Crippen LogP contribution < -0.4 is 5.73 Å². The van der Waals surface area contributed by atoms with Gasteiger partial charge in [-0.25, -0.2) is 4.98 Å². The number of likely N-dealkylation sites (tertiary alicyclic amines) is 1. The molecule has 0 aromatic carbocycles. The first kappa shape index (κ1) is 11.9. The molecule has 0 bridgehead atoms. The van der Waals surface area contributed by atoms with E-state index in [1.165, 1.54) is 6.20 Å². The first-order valence-electron chi connectivity index (χ1n) is 5.77. The molecule has 1 aliphatic heterocycles. The van der Waals surface area contributed by atoms with E-state index >= 15 is 0 Å². The molecule has 1 saturated heterocycles. The molecule has 92 valence electrons. The minimum absolute atomic E-state index is 0.0897. The van der Waals surface area contributed by atoms with Gasteiger partial charge in [0.15, 0.2) is 0 Å². The van der Waals surface area contributed by atoms with Crippen LogP contribution in [0.2, 0.25) is 0 Å². The Labute approximate surface area is 100 Å². The molecule has 1 aromatic rings. The zero-order valence-electron chi connectivity index (χ0n) is 9.84. The molecule has 2 unspecified atom stereocenters. The second-order valence-corrected chi connectivity index (χ2v) is 4.52. The number of nitrogens with two attached hydrogens (primary N) is 1. The number of aliphatic hydroxyl groups excluding tert-OH is 1. The summed E-state index contributed by atoms with van der Waals surface area (Å²) in [5, 5.41) is 9.49. The Bertz CT molecular complexity index is 403. The lowest BCUT2D eigenvalue weighted by molar-refractivity contribution is 0.0757. The molecule has 0 radical (unpaired) electrons. The molecule has 1 amide bonds. The number of rotatable bonds is 2. The van der Waals surface area contributed by atoms with E-state index in [-0.39, 0.29) is 17.9 Å². The van der Waals surface area contributed by atoms with Crippen molar-refractivity contribution in [1.29, 1.82) is 0 Å². The number of amides is 1. The van der Waals surface area contributed by atoms with Crippen molar-refractivity contribution in [3.8, 4) is 0 Å². The minimum atomic E-state index is -0.368. The molecule has 3 N–H and O–H groups in total. The fourth-order valence-corrected chi connectivity index (χ4v) is 2.06. The molecule has 2 heterocycles. The van der Waals surface area contributed by atoms with Crippen molar-refractivity contribution in [2.75, 3.05) is 18.8 Å². The van der Waals surface area contributed by atoms with E-state index in [1.54, 1.807) is 24.0 Å². The summed E-state index contributed by atoms with van der Waals surface area (Å²) < 4.78 is 0. The molecule has 17 heavy (non-hydrogen) atoms.